The number of carbonyl (C=O) groups excluding carboxylic acids is 1. The van der Waals surface area contributed by atoms with Gasteiger partial charge < -0.3 is 15.3 Å². The first-order chi connectivity index (χ1) is 16.1. The summed E-state index contributed by atoms with van der Waals surface area (Å²) in [5.41, 5.74) is 4.08. The topological polar surface area (TPSA) is 83.3 Å². The number of hydrogen-bond donors (Lipinski definition) is 2. The molecule has 1 aliphatic heterocycles. The van der Waals surface area contributed by atoms with Gasteiger partial charge in [0.25, 0.3) is 5.91 Å². The molecule has 1 saturated carbocycles. The number of aryl methyl sites for hydroxylation is 1. The molecule has 3 heterocycles. The number of aliphatic hydroxyl groups is 1. The lowest BCUT2D eigenvalue weighted by Gasteiger charge is -2.30. The van der Waals surface area contributed by atoms with E-state index in [9.17, 15) is 9.90 Å². The van der Waals surface area contributed by atoms with Crippen LogP contribution in [-0.4, -0.2) is 45.5 Å². The molecule has 2 aromatic heterocycles. The van der Waals surface area contributed by atoms with E-state index in [0.29, 0.717) is 17.7 Å². The Morgan fingerprint density at radius 2 is 1.91 bits per heavy atom. The third kappa shape index (κ3) is 4.74. The van der Waals surface area contributed by atoms with Crippen molar-refractivity contribution in [2.75, 3.05) is 29.9 Å². The molecule has 2 aliphatic rings. The Hall–Kier alpha value is -2.93. The molecule has 2 N–H and O–H groups in total. The molecule has 2 fully saturated rings. The van der Waals surface area contributed by atoms with Crippen LogP contribution in [0.15, 0.2) is 36.5 Å². The molecule has 0 bridgehead atoms. The second-order valence-corrected chi connectivity index (χ2v) is 9.56. The Balaban J connectivity index is 1.47. The molecule has 1 amide bonds. The Kier molecular flexibility index (Phi) is 6.31. The molecule has 174 valence electrons. The number of aliphatic hydroxyl groups excluding tert-OH is 1. The molecule has 5 rings (SSSR count). The largest absolute Gasteiger partial charge is 0.396 e. The van der Waals surface area contributed by atoms with Crippen molar-refractivity contribution in [1.82, 2.24) is 14.8 Å². The molecule has 7 heteroatoms. The van der Waals surface area contributed by atoms with Crippen LogP contribution in [0.2, 0.25) is 0 Å². The normalized spacial score (nSPS) is 21.3. The minimum Gasteiger partial charge on any atom is -0.396 e. The number of anilines is 2. The zero-order valence-electron chi connectivity index (χ0n) is 19.3. The van der Waals surface area contributed by atoms with Gasteiger partial charge in [-0.15, -0.1) is 0 Å². The Bertz CT molecular complexity index is 1130. The molecule has 0 atom stereocenters. The highest BCUT2D eigenvalue weighted by atomic mass is 16.3. The van der Waals surface area contributed by atoms with Gasteiger partial charge >= 0.3 is 0 Å². The maximum Gasteiger partial charge on any atom is 0.274 e. The second kappa shape index (κ2) is 9.51. The monoisotopic (exact) mass is 447 g/mol. The number of nitrogens with zero attached hydrogens (tertiary/aromatic N) is 4. The summed E-state index contributed by atoms with van der Waals surface area (Å²) in [6, 6.07) is 10.1. The molecule has 0 radical (unpaired) electrons. The lowest BCUT2D eigenvalue weighted by Crippen LogP contribution is -2.30. The molecular formula is C26H33N5O2. The van der Waals surface area contributed by atoms with Gasteiger partial charge in [-0.1, -0.05) is 6.07 Å². The number of rotatable bonds is 5. The quantitative estimate of drug-likeness (QED) is 0.592. The lowest BCUT2D eigenvalue weighted by atomic mass is 9.87. The lowest BCUT2D eigenvalue weighted by molar-refractivity contribution is 0.102. The average Bonchev–Trinajstić information content (AvgIpc) is 3.27. The zero-order chi connectivity index (χ0) is 22.8. The van der Waals surface area contributed by atoms with Crippen LogP contribution < -0.4 is 10.2 Å². The van der Waals surface area contributed by atoms with Gasteiger partial charge in [0, 0.05) is 37.0 Å². The van der Waals surface area contributed by atoms with Crippen LogP contribution in [-0.2, 0) is 0 Å². The van der Waals surface area contributed by atoms with Crippen LogP contribution in [0, 0.1) is 12.8 Å². The van der Waals surface area contributed by atoms with E-state index < -0.39 is 0 Å². The van der Waals surface area contributed by atoms with Crippen molar-refractivity contribution in [2.24, 2.45) is 5.92 Å². The summed E-state index contributed by atoms with van der Waals surface area (Å²) in [6.45, 7) is 4.15. The fraction of sp³-hybridized carbons (Fsp3) is 0.500. The first-order valence-electron chi connectivity index (χ1n) is 12.2. The van der Waals surface area contributed by atoms with Crippen LogP contribution >= 0.6 is 0 Å². The predicted octanol–water partition coefficient (Wildman–Crippen LogP) is 4.71. The van der Waals surface area contributed by atoms with E-state index in [2.05, 4.69) is 38.2 Å². The first-order valence-corrected chi connectivity index (χ1v) is 12.2. The van der Waals surface area contributed by atoms with E-state index >= 15 is 0 Å². The maximum absolute atomic E-state index is 13.0. The van der Waals surface area contributed by atoms with Crippen LogP contribution in [0.3, 0.4) is 0 Å². The van der Waals surface area contributed by atoms with Crippen molar-refractivity contribution in [1.29, 1.82) is 0 Å². The summed E-state index contributed by atoms with van der Waals surface area (Å²) >= 11 is 0. The van der Waals surface area contributed by atoms with E-state index in [-0.39, 0.29) is 12.5 Å². The summed E-state index contributed by atoms with van der Waals surface area (Å²) in [7, 11) is 0. The zero-order valence-corrected chi connectivity index (χ0v) is 19.3. The van der Waals surface area contributed by atoms with Crippen molar-refractivity contribution in [3.63, 3.8) is 0 Å². The van der Waals surface area contributed by atoms with Crippen molar-refractivity contribution in [3.8, 4) is 0 Å². The smallest absolute Gasteiger partial charge is 0.274 e. The minimum atomic E-state index is -0.189. The standard InChI is InChI=1S/C26H33N5O2/c1-18-6-5-7-22(27-18)26(33)28-24-14-20-16-31(21-10-8-19(17-32)9-11-21)29-23(20)15-25(24)30-12-3-2-4-13-30/h5-7,14-16,19,21,32H,2-4,8-13,17H2,1H3,(H,28,33). The Morgan fingerprint density at radius 1 is 1.12 bits per heavy atom. The number of pyridine rings is 1. The van der Waals surface area contributed by atoms with Crippen LogP contribution in [0.25, 0.3) is 10.9 Å². The van der Waals surface area contributed by atoms with Gasteiger partial charge in [-0.25, -0.2) is 4.98 Å². The maximum atomic E-state index is 13.0. The van der Waals surface area contributed by atoms with Crippen LogP contribution in [0.1, 0.15) is 67.2 Å². The molecule has 33 heavy (non-hydrogen) atoms. The van der Waals surface area contributed by atoms with E-state index in [1.165, 1.54) is 6.42 Å². The number of piperidine rings is 1. The molecule has 1 aliphatic carbocycles. The summed E-state index contributed by atoms with van der Waals surface area (Å²) < 4.78 is 2.10. The third-order valence-electron chi connectivity index (χ3n) is 7.15. The van der Waals surface area contributed by atoms with Crippen molar-refractivity contribution in [3.05, 3.63) is 47.9 Å². The van der Waals surface area contributed by atoms with E-state index in [0.717, 1.165) is 79.6 Å². The second-order valence-electron chi connectivity index (χ2n) is 9.56. The van der Waals surface area contributed by atoms with Gasteiger partial charge in [-0.2, -0.15) is 5.10 Å². The fourth-order valence-corrected chi connectivity index (χ4v) is 5.21. The van der Waals surface area contributed by atoms with Crippen molar-refractivity contribution in [2.45, 2.75) is 57.9 Å². The van der Waals surface area contributed by atoms with E-state index in [4.69, 9.17) is 5.10 Å². The Morgan fingerprint density at radius 3 is 2.64 bits per heavy atom. The SMILES string of the molecule is Cc1cccc(C(=O)Nc2cc3cn(C4CCC(CO)CC4)nc3cc2N2CCCCC2)n1. The van der Waals surface area contributed by atoms with Crippen molar-refractivity contribution >= 4 is 28.2 Å². The first kappa shape index (κ1) is 21.9. The van der Waals surface area contributed by atoms with Crippen LogP contribution in [0.4, 0.5) is 11.4 Å². The molecule has 3 aromatic rings. The predicted molar refractivity (Wildman–Crippen MR) is 131 cm³/mol. The van der Waals surface area contributed by atoms with Crippen LogP contribution in [0.5, 0.6) is 0 Å². The van der Waals surface area contributed by atoms with Gasteiger partial charge in [0.15, 0.2) is 0 Å². The number of aromatic nitrogens is 3. The van der Waals surface area contributed by atoms with Gasteiger partial charge in [0.2, 0.25) is 0 Å². The number of fused-ring (bicyclic) bond motifs is 1. The summed E-state index contributed by atoms with van der Waals surface area (Å²) in [4.78, 5) is 19.8. The average molecular weight is 448 g/mol. The summed E-state index contributed by atoms with van der Waals surface area (Å²) in [5.74, 6) is 0.236. The highest BCUT2D eigenvalue weighted by Gasteiger charge is 2.24. The van der Waals surface area contributed by atoms with Crippen molar-refractivity contribution < 1.29 is 9.90 Å². The van der Waals surface area contributed by atoms with E-state index in [1.54, 1.807) is 6.07 Å². The fourth-order valence-electron chi connectivity index (χ4n) is 5.21. The minimum absolute atomic E-state index is 0.189. The van der Waals surface area contributed by atoms with Gasteiger partial charge in [0.05, 0.1) is 22.9 Å². The Labute approximate surface area is 194 Å². The molecule has 7 nitrogen and oxygen atoms in total. The molecule has 0 spiro atoms. The van der Waals surface area contributed by atoms with E-state index in [1.807, 2.05) is 19.1 Å². The molecule has 0 unspecified atom stereocenters. The molecule has 1 aromatic carbocycles. The number of hydrogen-bond acceptors (Lipinski definition) is 5. The highest BCUT2D eigenvalue weighted by molar-refractivity contribution is 6.06. The third-order valence-corrected chi connectivity index (χ3v) is 7.15. The highest BCUT2D eigenvalue weighted by Crippen LogP contribution is 2.36. The number of amides is 1. The molecule has 1 saturated heterocycles. The summed E-state index contributed by atoms with van der Waals surface area (Å²) in [6.07, 6.45) is 9.85. The summed E-state index contributed by atoms with van der Waals surface area (Å²) in [5, 5.41) is 18.6. The number of nitrogens with one attached hydrogen (secondary N) is 1. The van der Waals surface area contributed by atoms with Gasteiger partial charge in [-0.3, -0.25) is 9.48 Å². The van der Waals surface area contributed by atoms with Gasteiger partial charge in [-0.05, 0) is 82.1 Å². The number of carbonyl (C=O) groups is 1. The number of benzene rings is 1. The van der Waals surface area contributed by atoms with Gasteiger partial charge in [0.1, 0.15) is 5.69 Å². The molecular weight excluding hydrogens is 414 g/mol.